The Bertz CT molecular complexity index is 655. The second kappa shape index (κ2) is 9.13. The van der Waals surface area contributed by atoms with Crippen molar-refractivity contribution in [1.82, 2.24) is 0 Å². The lowest BCUT2D eigenvalue weighted by molar-refractivity contribution is -0.0576. The van der Waals surface area contributed by atoms with Crippen LogP contribution in [0.3, 0.4) is 0 Å². The molecule has 0 aliphatic heterocycles. The minimum Gasteiger partial charge on any atom is -0.396 e. The van der Waals surface area contributed by atoms with Crippen LogP contribution in [0.1, 0.15) is 105 Å². The summed E-state index contributed by atoms with van der Waals surface area (Å²) in [5.74, 6) is 5.43. The molecule has 178 valence electrons. The Labute approximate surface area is 192 Å². The van der Waals surface area contributed by atoms with Crippen molar-refractivity contribution in [3.05, 3.63) is 11.6 Å². The number of aliphatic hydroxyl groups is 2. The molecule has 0 saturated heterocycles. The Morgan fingerprint density at radius 2 is 1.81 bits per heavy atom. The summed E-state index contributed by atoms with van der Waals surface area (Å²) in [6.45, 7) is 12.6. The van der Waals surface area contributed by atoms with Crippen LogP contribution >= 0.6 is 0 Å². The maximum atomic E-state index is 10.2. The molecule has 0 heterocycles. The second-order valence-corrected chi connectivity index (χ2v) is 12.8. The molecule has 10 atom stereocenters. The van der Waals surface area contributed by atoms with Crippen LogP contribution in [-0.4, -0.2) is 22.9 Å². The average Bonchev–Trinajstić information content (AvgIpc) is 3.11. The van der Waals surface area contributed by atoms with Crippen LogP contribution in [0.4, 0.5) is 0 Å². The van der Waals surface area contributed by atoms with Gasteiger partial charge in [0.25, 0.3) is 0 Å². The molecule has 0 aromatic heterocycles. The van der Waals surface area contributed by atoms with Gasteiger partial charge < -0.3 is 10.2 Å². The Morgan fingerprint density at radius 1 is 1.03 bits per heavy atom. The van der Waals surface area contributed by atoms with Gasteiger partial charge in [-0.05, 0) is 110 Å². The van der Waals surface area contributed by atoms with Gasteiger partial charge in [-0.15, -0.1) is 0 Å². The van der Waals surface area contributed by atoms with Crippen molar-refractivity contribution >= 4 is 0 Å². The van der Waals surface area contributed by atoms with Crippen LogP contribution in [0.5, 0.6) is 0 Å². The summed E-state index contributed by atoms with van der Waals surface area (Å²) >= 11 is 0. The minimum absolute atomic E-state index is 0.0954. The van der Waals surface area contributed by atoms with Gasteiger partial charge in [0.05, 0.1) is 6.10 Å². The van der Waals surface area contributed by atoms with Gasteiger partial charge in [0.2, 0.25) is 0 Å². The molecule has 0 amide bonds. The molecule has 2 nitrogen and oxygen atoms in total. The first-order chi connectivity index (χ1) is 14.7. The lowest BCUT2D eigenvalue weighted by Crippen LogP contribution is -2.50. The number of aliphatic hydroxyl groups excluding tert-OH is 2. The molecule has 2 N–H and O–H groups in total. The molecule has 31 heavy (non-hydrogen) atoms. The van der Waals surface area contributed by atoms with E-state index in [0.29, 0.717) is 29.3 Å². The number of hydrogen-bond acceptors (Lipinski definition) is 2. The fourth-order valence-corrected chi connectivity index (χ4v) is 9.34. The average molecular weight is 431 g/mol. The number of allylic oxidation sites excluding steroid dienone is 1. The van der Waals surface area contributed by atoms with E-state index in [1.165, 1.54) is 57.8 Å². The van der Waals surface area contributed by atoms with Crippen LogP contribution < -0.4 is 0 Å². The molecule has 3 fully saturated rings. The standard InChI is InChI=1S/C29H50O2/c1-6-21(20(3)18-30)8-7-19(2)25-11-12-26-24-10-9-22-17-23(31)13-15-28(22,4)27(24)14-16-29(25,26)5/h9,19-21,23-27,30-31H,6-8,10-18H2,1-5H3/t19-,20-,21-,23+,24?,25-,26?,27?,28+,29-/m1/s1. The summed E-state index contributed by atoms with van der Waals surface area (Å²) in [5, 5.41) is 19.9. The highest BCUT2D eigenvalue weighted by molar-refractivity contribution is 5.25. The van der Waals surface area contributed by atoms with Gasteiger partial charge in [-0.2, -0.15) is 0 Å². The third-order valence-corrected chi connectivity index (χ3v) is 11.4. The van der Waals surface area contributed by atoms with Gasteiger partial charge in [-0.3, -0.25) is 0 Å². The maximum Gasteiger partial charge on any atom is 0.0577 e. The first kappa shape index (κ1) is 23.8. The molecule has 0 spiro atoms. The van der Waals surface area contributed by atoms with Crippen molar-refractivity contribution in [3.63, 3.8) is 0 Å². The highest BCUT2D eigenvalue weighted by atomic mass is 16.3. The van der Waals surface area contributed by atoms with Gasteiger partial charge in [0.1, 0.15) is 0 Å². The Balaban J connectivity index is 1.46. The van der Waals surface area contributed by atoms with Crippen molar-refractivity contribution in [2.45, 2.75) is 111 Å². The van der Waals surface area contributed by atoms with Crippen LogP contribution in [0.15, 0.2) is 11.6 Å². The molecule has 4 rings (SSSR count). The van der Waals surface area contributed by atoms with Gasteiger partial charge in [-0.1, -0.05) is 59.1 Å². The molecule has 4 aliphatic carbocycles. The van der Waals surface area contributed by atoms with Gasteiger partial charge in [0, 0.05) is 6.61 Å². The third kappa shape index (κ3) is 4.07. The summed E-state index contributed by atoms with van der Waals surface area (Å²) in [5.41, 5.74) is 2.49. The molecule has 3 unspecified atom stereocenters. The van der Waals surface area contributed by atoms with E-state index < -0.39 is 0 Å². The highest BCUT2D eigenvalue weighted by Crippen LogP contribution is 2.67. The molecule has 2 heteroatoms. The summed E-state index contributed by atoms with van der Waals surface area (Å²) in [7, 11) is 0. The Morgan fingerprint density at radius 3 is 2.52 bits per heavy atom. The zero-order chi connectivity index (χ0) is 22.4. The lowest BCUT2D eigenvalue weighted by atomic mass is 9.47. The molecular weight excluding hydrogens is 380 g/mol. The quantitative estimate of drug-likeness (QED) is 0.427. The number of fused-ring (bicyclic) bond motifs is 5. The maximum absolute atomic E-state index is 10.2. The first-order valence-electron chi connectivity index (χ1n) is 13.7. The van der Waals surface area contributed by atoms with E-state index in [1.54, 1.807) is 5.57 Å². The van der Waals surface area contributed by atoms with Gasteiger partial charge in [-0.25, -0.2) is 0 Å². The van der Waals surface area contributed by atoms with Crippen LogP contribution in [0.25, 0.3) is 0 Å². The summed E-state index contributed by atoms with van der Waals surface area (Å²) < 4.78 is 0. The second-order valence-electron chi connectivity index (χ2n) is 12.8. The third-order valence-electron chi connectivity index (χ3n) is 11.4. The van der Waals surface area contributed by atoms with E-state index in [0.717, 1.165) is 42.4 Å². The highest BCUT2D eigenvalue weighted by Gasteiger charge is 2.59. The van der Waals surface area contributed by atoms with Crippen LogP contribution in [0.2, 0.25) is 0 Å². The van der Waals surface area contributed by atoms with Crippen molar-refractivity contribution in [2.24, 2.45) is 52.3 Å². The molecule has 0 aromatic carbocycles. The molecule has 0 bridgehead atoms. The van der Waals surface area contributed by atoms with E-state index in [9.17, 15) is 10.2 Å². The van der Waals surface area contributed by atoms with Crippen LogP contribution in [0, 0.1) is 52.3 Å². The predicted molar refractivity (Wildman–Crippen MR) is 130 cm³/mol. The minimum atomic E-state index is -0.0954. The van der Waals surface area contributed by atoms with Crippen molar-refractivity contribution in [2.75, 3.05) is 6.61 Å². The monoisotopic (exact) mass is 430 g/mol. The van der Waals surface area contributed by atoms with Gasteiger partial charge >= 0.3 is 0 Å². The van der Waals surface area contributed by atoms with Crippen molar-refractivity contribution in [3.8, 4) is 0 Å². The van der Waals surface area contributed by atoms with Crippen LogP contribution in [-0.2, 0) is 0 Å². The van der Waals surface area contributed by atoms with Crippen molar-refractivity contribution < 1.29 is 10.2 Å². The summed E-state index contributed by atoms with van der Waals surface area (Å²) in [6, 6.07) is 0. The molecule has 4 aliphatic rings. The molecule has 0 radical (unpaired) electrons. The largest absolute Gasteiger partial charge is 0.396 e. The van der Waals surface area contributed by atoms with E-state index in [2.05, 4.69) is 40.7 Å². The smallest absolute Gasteiger partial charge is 0.0577 e. The fourth-order valence-electron chi connectivity index (χ4n) is 9.34. The summed E-state index contributed by atoms with van der Waals surface area (Å²) in [4.78, 5) is 0. The zero-order valence-corrected chi connectivity index (χ0v) is 21.1. The van der Waals surface area contributed by atoms with E-state index >= 15 is 0 Å². The molecular formula is C29H50O2. The topological polar surface area (TPSA) is 40.5 Å². The van der Waals surface area contributed by atoms with E-state index in [1.807, 2.05) is 0 Å². The summed E-state index contributed by atoms with van der Waals surface area (Å²) in [6.07, 6.45) is 16.4. The van der Waals surface area contributed by atoms with Gasteiger partial charge in [0.15, 0.2) is 0 Å². The Hall–Kier alpha value is -0.340. The van der Waals surface area contributed by atoms with E-state index in [-0.39, 0.29) is 6.10 Å². The van der Waals surface area contributed by atoms with Crippen molar-refractivity contribution in [1.29, 1.82) is 0 Å². The molecule has 0 aromatic rings. The lowest BCUT2D eigenvalue weighted by Gasteiger charge is -2.58. The molecule has 3 saturated carbocycles. The first-order valence-corrected chi connectivity index (χ1v) is 13.7. The normalized spacial score (nSPS) is 45.1. The Kier molecular flexibility index (Phi) is 7.01. The SMILES string of the molecule is CC[C@H](CC[C@@H](C)[C@H]1CCC2C3CC=C4C[C@@H](O)CC[C@]4(C)C3CC[C@@]21C)[C@H](C)CO. The number of hydrogen-bond donors (Lipinski definition) is 2. The predicted octanol–water partition coefficient (Wildman–Crippen LogP) is 7.00. The fraction of sp³-hybridized carbons (Fsp3) is 0.931. The zero-order valence-electron chi connectivity index (χ0n) is 21.1. The number of rotatable bonds is 7. The van der Waals surface area contributed by atoms with E-state index in [4.69, 9.17) is 0 Å².